The number of hydrogen-bond donors (Lipinski definition) is 1. The summed E-state index contributed by atoms with van der Waals surface area (Å²) in [6.07, 6.45) is 1.00. The van der Waals surface area contributed by atoms with Crippen LogP contribution in [0, 0.1) is 0 Å². The fourth-order valence-electron chi connectivity index (χ4n) is 3.60. The summed E-state index contributed by atoms with van der Waals surface area (Å²) in [5.74, 6) is 0. The van der Waals surface area contributed by atoms with Gasteiger partial charge in [0.15, 0.2) is 0 Å². The number of rotatable bonds is 6. The van der Waals surface area contributed by atoms with Crippen molar-refractivity contribution in [3.8, 4) is 11.1 Å². The fraction of sp³-hybridized carbons (Fsp3) is 0.174. The molecule has 0 saturated carbocycles. The van der Waals surface area contributed by atoms with Crippen LogP contribution in [0.3, 0.4) is 0 Å². The van der Waals surface area contributed by atoms with Crippen molar-refractivity contribution in [1.29, 1.82) is 0 Å². The van der Waals surface area contributed by atoms with Crippen molar-refractivity contribution in [2.24, 2.45) is 0 Å². The predicted molar refractivity (Wildman–Crippen MR) is 115 cm³/mol. The van der Waals surface area contributed by atoms with Crippen LogP contribution < -0.4 is 4.72 Å². The van der Waals surface area contributed by atoms with Crippen LogP contribution in [0.1, 0.15) is 30.5 Å². The average molecular weight is 459 g/mol. The molecule has 0 saturated heterocycles. The molecule has 2 aromatic heterocycles. The van der Waals surface area contributed by atoms with Crippen LogP contribution in [0.4, 0.5) is 13.2 Å². The predicted octanol–water partition coefficient (Wildman–Crippen LogP) is 5.45. The molecule has 166 valence electrons. The van der Waals surface area contributed by atoms with Crippen molar-refractivity contribution in [3.63, 3.8) is 0 Å². The van der Waals surface area contributed by atoms with Crippen LogP contribution in [-0.4, -0.2) is 17.8 Å². The Balaban J connectivity index is 1.67. The van der Waals surface area contributed by atoms with E-state index in [1.54, 1.807) is 25.3 Å². The smallest absolute Gasteiger partial charge is 0.306 e. The third-order valence-corrected chi connectivity index (χ3v) is 6.73. The highest BCUT2D eigenvalue weighted by molar-refractivity contribution is 7.89. The summed E-state index contributed by atoms with van der Waals surface area (Å²) in [6, 6.07) is 14.5. The summed E-state index contributed by atoms with van der Waals surface area (Å²) < 4.78 is 70.2. The molecule has 0 aliphatic carbocycles. The second-order valence-corrected chi connectivity index (χ2v) is 8.99. The lowest BCUT2D eigenvalue weighted by molar-refractivity contribution is -0.139. The molecule has 2 aromatic carbocycles. The highest BCUT2D eigenvalue weighted by Crippen LogP contribution is 2.35. The van der Waals surface area contributed by atoms with Gasteiger partial charge in [-0.05, 0) is 53.4 Å². The van der Waals surface area contributed by atoms with Gasteiger partial charge in [-0.2, -0.15) is 13.2 Å². The zero-order valence-electron chi connectivity index (χ0n) is 17.0. The van der Waals surface area contributed by atoms with Gasteiger partial charge in [0.1, 0.15) is 5.65 Å². The molecule has 1 atom stereocenters. The number of pyridine rings is 1. The molecule has 1 unspecified atom stereocenters. The molecule has 4 aromatic rings. The Kier molecular flexibility index (Phi) is 5.79. The summed E-state index contributed by atoms with van der Waals surface area (Å²) >= 11 is 0. The van der Waals surface area contributed by atoms with Gasteiger partial charge < -0.3 is 4.40 Å². The molecule has 32 heavy (non-hydrogen) atoms. The number of hydrogen-bond acceptors (Lipinski definition) is 3. The third kappa shape index (κ3) is 4.39. The Labute approximate surface area is 183 Å². The van der Waals surface area contributed by atoms with E-state index < -0.39 is 32.7 Å². The lowest BCUT2D eigenvalue weighted by Crippen LogP contribution is -2.30. The number of aromatic nitrogens is 2. The fourth-order valence-corrected chi connectivity index (χ4v) is 5.13. The van der Waals surface area contributed by atoms with Gasteiger partial charge in [-0.1, -0.05) is 37.3 Å². The number of benzene rings is 2. The summed E-state index contributed by atoms with van der Waals surface area (Å²) in [6.45, 7) is 1.77. The largest absolute Gasteiger partial charge is 0.417 e. The number of sulfonamides is 1. The van der Waals surface area contributed by atoms with Crippen LogP contribution in [-0.2, 0) is 16.2 Å². The molecule has 0 spiro atoms. The minimum atomic E-state index is -4.78. The van der Waals surface area contributed by atoms with Gasteiger partial charge in [-0.3, -0.25) is 0 Å². The molecule has 0 aliphatic heterocycles. The van der Waals surface area contributed by atoms with Gasteiger partial charge in [0, 0.05) is 24.6 Å². The van der Waals surface area contributed by atoms with Crippen LogP contribution >= 0.6 is 0 Å². The van der Waals surface area contributed by atoms with Crippen molar-refractivity contribution in [2.45, 2.75) is 30.5 Å². The van der Waals surface area contributed by atoms with E-state index in [0.29, 0.717) is 12.0 Å². The third-order valence-electron chi connectivity index (χ3n) is 5.20. The van der Waals surface area contributed by atoms with Gasteiger partial charge in [0.05, 0.1) is 10.5 Å². The van der Waals surface area contributed by atoms with Crippen molar-refractivity contribution in [1.82, 2.24) is 14.1 Å². The topological polar surface area (TPSA) is 63.5 Å². The zero-order valence-corrected chi connectivity index (χ0v) is 17.9. The second kappa shape index (κ2) is 8.40. The lowest BCUT2D eigenvalue weighted by Gasteiger charge is -2.20. The molecule has 1 N–H and O–H groups in total. The van der Waals surface area contributed by atoms with E-state index in [1.165, 1.54) is 12.1 Å². The van der Waals surface area contributed by atoms with Gasteiger partial charge >= 0.3 is 6.18 Å². The zero-order chi connectivity index (χ0) is 22.9. The van der Waals surface area contributed by atoms with Crippen LogP contribution in [0.2, 0.25) is 0 Å². The lowest BCUT2D eigenvalue weighted by atomic mass is 9.99. The summed E-state index contributed by atoms with van der Waals surface area (Å²) in [4.78, 5) is 3.43. The maximum Gasteiger partial charge on any atom is 0.417 e. The molecule has 0 amide bonds. The maximum absolute atomic E-state index is 13.4. The molecular weight excluding hydrogens is 439 g/mol. The minimum absolute atomic E-state index is 0.359. The summed E-state index contributed by atoms with van der Waals surface area (Å²) in [5, 5.41) is 0. The Morgan fingerprint density at radius 1 is 1.03 bits per heavy atom. The monoisotopic (exact) mass is 459 g/mol. The molecular formula is C23H20F3N3O2S. The molecule has 2 heterocycles. The molecule has 5 nitrogen and oxygen atoms in total. The van der Waals surface area contributed by atoms with E-state index in [4.69, 9.17) is 0 Å². The van der Waals surface area contributed by atoms with E-state index in [9.17, 15) is 21.6 Å². The van der Waals surface area contributed by atoms with E-state index in [2.05, 4.69) is 9.71 Å². The van der Waals surface area contributed by atoms with Crippen molar-refractivity contribution < 1.29 is 21.6 Å². The number of halogens is 3. The van der Waals surface area contributed by atoms with Gasteiger partial charge in [-0.15, -0.1) is 0 Å². The molecule has 9 heteroatoms. The highest BCUT2D eigenvalue weighted by atomic mass is 32.2. The Morgan fingerprint density at radius 3 is 2.56 bits per heavy atom. The van der Waals surface area contributed by atoms with Gasteiger partial charge in [0.2, 0.25) is 10.0 Å². The van der Waals surface area contributed by atoms with Crippen molar-refractivity contribution in [3.05, 3.63) is 90.4 Å². The standard InChI is InChI=1S/C23H20F3N3O2S/c1-2-20(28-32(30,31)21-9-4-3-8-19(21)23(24,25)26)17-7-5-6-16(14-17)18-10-11-22-27-12-13-29(22)15-18/h3-15,20,28H,2H2,1H3. The van der Waals surface area contributed by atoms with E-state index in [0.717, 1.165) is 28.9 Å². The Bertz CT molecular complexity index is 1360. The number of alkyl halides is 3. The Morgan fingerprint density at radius 2 is 1.81 bits per heavy atom. The molecule has 0 bridgehead atoms. The Hall–Kier alpha value is -3.17. The number of nitrogens with one attached hydrogen (secondary N) is 1. The SMILES string of the molecule is CCC(NS(=O)(=O)c1ccccc1C(F)(F)F)c1cccc(-c2ccc3nccn3c2)c1. The van der Waals surface area contributed by atoms with E-state index in [-0.39, 0.29) is 0 Å². The second-order valence-electron chi connectivity index (χ2n) is 7.31. The van der Waals surface area contributed by atoms with Crippen LogP contribution in [0.15, 0.2) is 84.1 Å². The van der Waals surface area contributed by atoms with Crippen LogP contribution in [0.25, 0.3) is 16.8 Å². The molecule has 0 radical (unpaired) electrons. The molecule has 4 rings (SSSR count). The van der Waals surface area contributed by atoms with Gasteiger partial charge in [0.25, 0.3) is 0 Å². The normalized spacial score (nSPS) is 13.4. The highest BCUT2D eigenvalue weighted by Gasteiger charge is 2.37. The first-order valence-corrected chi connectivity index (χ1v) is 11.4. The van der Waals surface area contributed by atoms with Crippen LogP contribution in [0.5, 0.6) is 0 Å². The number of fused-ring (bicyclic) bond motifs is 1. The first-order valence-electron chi connectivity index (χ1n) is 9.90. The summed E-state index contributed by atoms with van der Waals surface area (Å²) in [5.41, 5.74) is 2.02. The van der Waals surface area contributed by atoms with Gasteiger partial charge in [-0.25, -0.2) is 18.1 Å². The minimum Gasteiger partial charge on any atom is -0.306 e. The van der Waals surface area contributed by atoms with E-state index >= 15 is 0 Å². The molecule has 0 aliphatic rings. The average Bonchev–Trinajstić information content (AvgIpc) is 3.25. The maximum atomic E-state index is 13.4. The molecule has 0 fully saturated rings. The van der Waals surface area contributed by atoms with Crippen molar-refractivity contribution in [2.75, 3.05) is 0 Å². The number of nitrogens with zero attached hydrogens (tertiary/aromatic N) is 2. The quantitative estimate of drug-likeness (QED) is 0.417. The first kappa shape index (κ1) is 22.0. The summed E-state index contributed by atoms with van der Waals surface area (Å²) in [7, 11) is -4.41. The van der Waals surface area contributed by atoms with Crippen molar-refractivity contribution >= 4 is 15.7 Å². The van der Waals surface area contributed by atoms with E-state index in [1.807, 2.05) is 41.1 Å². The first-order chi connectivity index (χ1) is 15.2. The number of imidazole rings is 1.